The Morgan fingerprint density at radius 2 is 2.06 bits per heavy atom. The van der Waals surface area contributed by atoms with E-state index in [0.29, 0.717) is 24.5 Å². The molecular weight excluding hydrogens is 488 g/mol. The number of aromatic carboxylic acids is 1. The Hall–Kier alpha value is -2.71. The van der Waals surface area contributed by atoms with Crippen LogP contribution >= 0.6 is 15.9 Å². The van der Waals surface area contributed by atoms with Crippen molar-refractivity contribution in [3.63, 3.8) is 0 Å². The number of hydrogen-bond donors (Lipinski definition) is 1. The third-order valence-corrected chi connectivity index (χ3v) is 6.56. The molecule has 0 aliphatic carbocycles. The summed E-state index contributed by atoms with van der Waals surface area (Å²) in [6.45, 7) is 9.38. The number of ether oxygens (including phenoxy) is 1. The number of benzene rings is 2. The molecule has 33 heavy (non-hydrogen) atoms. The van der Waals surface area contributed by atoms with Crippen molar-refractivity contribution in [3.8, 4) is 11.5 Å². The molecule has 1 aliphatic heterocycles. The SMILES string of the molecule is Cc1c(Br)cccc1-c1nc2cc(CN3CC[C@@H](C(=O)OC(C)(C)C)C3)cc(C(=O)O)c2o1. The highest BCUT2D eigenvalue weighted by Gasteiger charge is 2.32. The third-order valence-electron chi connectivity index (χ3n) is 5.70. The Bertz CT molecular complexity index is 1230. The first-order valence-electron chi connectivity index (χ1n) is 10.9. The number of rotatable bonds is 5. The smallest absolute Gasteiger partial charge is 0.339 e. The lowest BCUT2D eigenvalue weighted by Crippen LogP contribution is -2.30. The van der Waals surface area contributed by atoms with Crippen molar-refractivity contribution < 1.29 is 23.8 Å². The summed E-state index contributed by atoms with van der Waals surface area (Å²) in [7, 11) is 0. The average Bonchev–Trinajstić information content (AvgIpc) is 3.35. The van der Waals surface area contributed by atoms with Crippen LogP contribution in [0, 0.1) is 12.8 Å². The van der Waals surface area contributed by atoms with Gasteiger partial charge in [-0.25, -0.2) is 9.78 Å². The summed E-state index contributed by atoms with van der Waals surface area (Å²) in [5.41, 5.74) is 2.91. The first-order valence-corrected chi connectivity index (χ1v) is 11.7. The number of esters is 1. The maximum absolute atomic E-state index is 12.4. The van der Waals surface area contributed by atoms with Gasteiger partial charge in [-0.2, -0.15) is 0 Å². The molecular formula is C25H27BrN2O5. The molecule has 0 bridgehead atoms. The molecule has 2 heterocycles. The van der Waals surface area contributed by atoms with Crippen molar-refractivity contribution in [2.24, 2.45) is 5.92 Å². The number of carbonyl (C=O) groups is 2. The lowest BCUT2D eigenvalue weighted by atomic mass is 10.1. The van der Waals surface area contributed by atoms with Crippen LogP contribution in [0.25, 0.3) is 22.6 Å². The van der Waals surface area contributed by atoms with Crippen LogP contribution in [0.1, 0.15) is 48.7 Å². The van der Waals surface area contributed by atoms with Gasteiger partial charge >= 0.3 is 11.9 Å². The van der Waals surface area contributed by atoms with Gasteiger partial charge in [0.05, 0.1) is 5.92 Å². The molecule has 1 N–H and O–H groups in total. The summed E-state index contributed by atoms with van der Waals surface area (Å²) in [4.78, 5) is 31.1. The highest BCUT2D eigenvalue weighted by Crippen LogP contribution is 2.33. The van der Waals surface area contributed by atoms with Gasteiger partial charge < -0.3 is 14.3 Å². The van der Waals surface area contributed by atoms with E-state index in [1.165, 1.54) is 0 Å². The van der Waals surface area contributed by atoms with Crippen molar-refractivity contribution in [1.82, 2.24) is 9.88 Å². The summed E-state index contributed by atoms with van der Waals surface area (Å²) in [5.74, 6) is -1.04. The molecule has 0 unspecified atom stereocenters. The Balaban J connectivity index is 1.60. The molecule has 174 valence electrons. The number of carboxylic acids is 1. The summed E-state index contributed by atoms with van der Waals surface area (Å²) in [6, 6.07) is 9.21. The molecule has 3 aromatic rings. The van der Waals surface area contributed by atoms with Crippen LogP contribution in [-0.4, -0.2) is 45.6 Å². The Kier molecular flexibility index (Phi) is 6.33. The van der Waals surface area contributed by atoms with Gasteiger partial charge in [0.25, 0.3) is 0 Å². The van der Waals surface area contributed by atoms with E-state index in [-0.39, 0.29) is 23.0 Å². The molecule has 1 aromatic heterocycles. The quantitative estimate of drug-likeness (QED) is 0.453. The molecule has 0 saturated carbocycles. The monoisotopic (exact) mass is 514 g/mol. The lowest BCUT2D eigenvalue weighted by molar-refractivity contribution is -0.159. The van der Waals surface area contributed by atoms with E-state index in [2.05, 4.69) is 25.8 Å². The molecule has 2 aromatic carbocycles. The van der Waals surface area contributed by atoms with Crippen LogP contribution in [0.3, 0.4) is 0 Å². The minimum Gasteiger partial charge on any atom is -0.478 e. The van der Waals surface area contributed by atoms with Gasteiger partial charge in [0.2, 0.25) is 5.89 Å². The second-order valence-electron chi connectivity index (χ2n) is 9.48. The predicted molar refractivity (Wildman–Crippen MR) is 128 cm³/mol. The van der Waals surface area contributed by atoms with E-state index in [1.54, 1.807) is 6.07 Å². The fourth-order valence-corrected chi connectivity index (χ4v) is 4.47. The highest BCUT2D eigenvalue weighted by atomic mass is 79.9. The van der Waals surface area contributed by atoms with Gasteiger partial charge in [-0.3, -0.25) is 9.69 Å². The molecule has 0 spiro atoms. The predicted octanol–water partition coefficient (Wildman–Crippen LogP) is 5.43. The van der Waals surface area contributed by atoms with Crippen LogP contribution in [0.5, 0.6) is 0 Å². The van der Waals surface area contributed by atoms with Crippen LogP contribution < -0.4 is 0 Å². The number of halogens is 1. The molecule has 7 nitrogen and oxygen atoms in total. The molecule has 0 amide bonds. The maximum atomic E-state index is 12.4. The molecule has 1 fully saturated rings. The minimum absolute atomic E-state index is 0.0804. The molecule has 8 heteroatoms. The minimum atomic E-state index is -1.07. The molecule has 1 aliphatic rings. The number of carbonyl (C=O) groups excluding carboxylic acids is 1. The highest BCUT2D eigenvalue weighted by molar-refractivity contribution is 9.10. The first-order chi connectivity index (χ1) is 15.5. The normalized spacial score (nSPS) is 16.9. The summed E-state index contributed by atoms with van der Waals surface area (Å²) >= 11 is 3.51. The number of likely N-dealkylation sites (tertiary alicyclic amines) is 1. The van der Waals surface area contributed by atoms with Gasteiger partial charge in [0, 0.05) is 23.1 Å². The van der Waals surface area contributed by atoms with Gasteiger partial charge in [-0.1, -0.05) is 22.0 Å². The fraction of sp³-hybridized carbons (Fsp3) is 0.400. The van der Waals surface area contributed by atoms with Gasteiger partial charge in [-0.05, 0) is 76.1 Å². The van der Waals surface area contributed by atoms with Crippen LogP contribution in [0.4, 0.5) is 0 Å². The molecule has 0 radical (unpaired) electrons. The summed E-state index contributed by atoms with van der Waals surface area (Å²) in [6.07, 6.45) is 0.721. The van der Waals surface area contributed by atoms with Crippen molar-refractivity contribution in [3.05, 3.63) is 51.5 Å². The first kappa shape index (κ1) is 23.4. The third kappa shape index (κ3) is 5.12. The Morgan fingerprint density at radius 1 is 1.30 bits per heavy atom. The molecule has 1 atom stereocenters. The lowest BCUT2D eigenvalue weighted by Gasteiger charge is -2.22. The number of oxazole rings is 1. The van der Waals surface area contributed by atoms with E-state index in [9.17, 15) is 14.7 Å². The second-order valence-corrected chi connectivity index (χ2v) is 10.3. The van der Waals surface area contributed by atoms with Crippen molar-refractivity contribution in [2.45, 2.75) is 46.3 Å². The van der Waals surface area contributed by atoms with Crippen molar-refractivity contribution in [1.29, 1.82) is 0 Å². The summed E-state index contributed by atoms with van der Waals surface area (Å²) in [5, 5.41) is 9.80. The maximum Gasteiger partial charge on any atom is 0.339 e. The number of carboxylic acid groups (broad SMARTS) is 1. The molecule has 1 saturated heterocycles. The van der Waals surface area contributed by atoms with Crippen LogP contribution in [-0.2, 0) is 16.1 Å². The average molecular weight is 515 g/mol. The number of aromatic nitrogens is 1. The summed E-state index contributed by atoms with van der Waals surface area (Å²) < 4.78 is 12.4. The standard InChI is InChI=1S/C25H27BrN2O5/c1-14-17(6-5-7-19(14)26)22-27-20-11-15(10-18(23(29)30)21(20)32-22)12-28-9-8-16(13-28)24(31)33-25(2,3)4/h5-7,10-11,16H,8-9,12-13H2,1-4H3,(H,29,30)/t16-/m1/s1. The second kappa shape index (κ2) is 8.91. The zero-order chi connectivity index (χ0) is 23.9. The van der Waals surface area contributed by atoms with E-state index in [4.69, 9.17) is 9.15 Å². The molecule has 4 rings (SSSR count). The zero-order valence-corrected chi connectivity index (χ0v) is 20.7. The van der Waals surface area contributed by atoms with Crippen molar-refractivity contribution in [2.75, 3.05) is 13.1 Å². The van der Waals surface area contributed by atoms with Gasteiger partial charge in [0.15, 0.2) is 5.58 Å². The van der Waals surface area contributed by atoms with E-state index in [0.717, 1.165) is 34.1 Å². The number of nitrogens with zero attached hydrogens (tertiary/aromatic N) is 2. The topological polar surface area (TPSA) is 92.9 Å². The van der Waals surface area contributed by atoms with Crippen LogP contribution in [0.15, 0.2) is 39.2 Å². The van der Waals surface area contributed by atoms with Gasteiger partial charge in [0.1, 0.15) is 16.7 Å². The number of hydrogen-bond acceptors (Lipinski definition) is 6. The zero-order valence-electron chi connectivity index (χ0n) is 19.1. The fourth-order valence-electron chi connectivity index (χ4n) is 4.11. The number of fused-ring (bicyclic) bond motifs is 1. The van der Waals surface area contributed by atoms with Crippen molar-refractivity contribution >= 4 is 39.0 Å². The van der Waals surface area contributed by atoms with Gasteiger partial charge in [-0.15, -0.1) is 0 Å². The van der Waals surface area contributed by atoms with E-state index in [1.807, 2.05) is 52.0 Å². The Morgan fingerprint density at radius 3 is 2.76 bits per heavy atom. The van der Waals surface area contributed by atoms with E-state index < -0.39 is 11.6 Å². The van der Waals surface area contributed by atoms with E-state index >= 15 is 0 Å². The van der Waals surface area contributed by atoms with Crippen LogP contribution in [0.2, 0.25) is 0 Å². The Labute approximate surface area is 200 Å². The largest absolute Gasteiger partial charge is 0.478 e.